The van der Waals surface area contributed by atoms with Gasteiger partial charge in [0.05, 0.1) is 6.54 Å². The molecule has 0 unspecified atom stereocenters. The molecule has 0 fully saturated rings. The van der Waals surface area contributed by atoms with Gasteiger partial charge in [0, 0.05) is 37.4 Å². The second kappa shape index (κ2) is 5.35. The summed E-state index contributed by atoms with van der Waals surface area (Å²) < 4.78 is 0. The number of anilines is 1. The number of hydrogen-bond donors (Lipinski definition) is 0. The van der Waals surface area contributed by atoms with Gasteiger partial charge in [0.1, 0.15) is 5.78 Å². The Morgan fingerprint density at radius 3 is 2.33 bits per heavy atom. The van der Waals surface area contributed by atoms with E-state index in [1.165, 1.54) is 0 Å². The van der Waals surface area contributed by atoms with Crippen molar-refractivity contribution in [1.82, 2.24) is 15.0 Å². The number of pyridine rings is 1. The maximum atomic E-state index is 11.0. The molecule has 5 heteroatoms. The van der Waals surface area contributed by atoms with Gasteiger partial charge in [-0.3, -0.25) is 9.78 Å². The van der Waals surface area contributed by atoms with Gasteiger partial charge in [-0.05, 0) is 24.6 Å². The number of Topliss-reactive ketones (excluding diaryl/α,β-unsaturated/α-hetero) is 1. The van der Waals surface area contributed by atoms with Crippen molar-refractivity contribution < 1.29 is 4.79 Å². The lowest BCUT2D eigenvalue weighted by Gasteiger charge is -2.14. The topological polar surface area (TPSA) is 59.0 Å². The van der Waals surface area contributed by atoms with E-state index in [9.17, 15) is 4.79 Å². The van der Waals surface area contributed by atoms with Gasteiger partial charge in [-0.2, -0.15) is 0 Å². The van der Waals surface area contributed by atoms with E-state index in [1.54, 1.807) is 43.7 Å². The molecule has 0 atom stereocenters. The van der Waals surface area contributed by atoms with E-state index in [2.05, 4.69) is 15.0 Å². The van der Waals surface area contributed by atoms with Crippen molar-refractivity contribution in [2.75, 3.05) is 18.5 Å². The molecule has 2 aromatic rings. The Labute approximate surface area is 106 Å². The first kappa shape index (κ1) is 12.2. The first-order valence-corrected chi connectivity index (χ1v) is 5.60. The molecule has 0 aliphatic rings. The van der Waals surface area contributed by atoms with Crippen LogP contribution in [0.4, 0.5) is 5.95 Å². The maximum absolute atomic E-state index is 11.0. The van der Waals surface area contributed by atoms with Crippen LogP contribution >= 0.6 is 0 Å². The molecule has 0 bridgehead atoms. The Morgan fingerprint density at radius 2 is 1.78 bits per heavy atom. The first-order chi connectivity index (χ1) is 8.66. The summed E-state index contributed by atoms with van der Waals surface area (Å²) in [6, 6.07) is 3.80. The van der Waals surface area contributed by atoms with Crippen LogP contribution in [0.5, 0.6) is 0 Å². The molecule has 0 saturated heterocycles. The molecule has 0 amide bonds. The quantitative estimate of drug-likeness (QED) is 0.814. The standard InChI is InChI=1S/C13H14N4O/c1-10(18)9-17(2)13-15-7-12(8-16-13)11-3-5-14-6-4-11/h3-8H,9H2,1-2H3. The molecule has 5 nitrogen and oxygen atoms in total. The summed E-state index contributed by atoms with van der Waals surface area (Å²) in [5.74, 6) is 0.627. The molecule has 2 rings (SSSR count). The van der Waals surface area contributed by atoms with E-state index >= 15 is 0 Å². The molecule has 18 heavy (non-hydrogen) atoms. The summed E-state index contributed by atoms with van der Waals surface area (Å²) in [5, 5.41) is 0. The smallest absolute Gasteiger partial charge is 0.225 e. The summed E-state index contributed by atoms with van der Waals surface area (Å²) >= 11 is 0. The molecule has 2 heterocycles. The van der Waals surface area contributed by atoms with Crippen molar-refractivity contribution in [1.29, 1.82) is 0 Å². The fraction of sp³-hybridized carbons (Fsp3) is 0.231. The van der Waals surface area contributed by atoms with Gasteiger partial charge in [-0.25, -0.2) is 9.97 Å². The Hall–Kier alpha value is -2.30. The van der Waals surface area contributed by atoms with Gasteiger partial charge in [0.25, 0.3) is 0 Å². The highest BCUT2D eigenvalue weighted by atomic mass is 16.1. The van der Waals surface area contributed by atoms with E-state index in [1.807, 2.05) is 12.1 Å². The van der Waals surface area contributed by atoms with Crippen molar-refractivity contribution in [3.05, 3.63) is 36.9 Å². The molecule has 0 aliphatic carbocycles. The minimum absolute atomic E-state index is 0.0827. The predicted octanol–water partition coefficient (Wildman–Crippen LogP) is 1.56. The van der Waals surface area contributed by atoms with Crippen LogP contribution in [0.25, 0.3) is 11.1 Å². The van der Waals surface area contributed by atoms with Crippen LogP contribution in [-0.2, 0) is 4.79 Å². The summed E-state index contributed by atoms with van der Waals surface area (Å²) in [6.45, 7) is 1.86. The largest absolute Gasteiger partial charge is 0.337 e. The van der Waals surface area contributed by atoms with Crippen molar-refractivity contribution in [2.24, 2.45) is 0 Å². The number of nitrogens with zero attached hydrogens (tertiary/aromatic N) is 4. The normalized spacial score (nSPS) is 10.1. The van der Waals surface area contributed by atoms with Gasteiger partial charge in [0.2, 0.25) is 5.95 Å². The third kappa shape index (κ3) is 2.88. The molecule has 0 radical (unpaired) electrons. The van der Waals surface area contributed by atoms with Crippen LogP contribution in [0.1, 0.15) is 6.92 Å². The fourth-order valence-electron chi connectivity index (χ4n) is 1.62. The molecule has 92 valence electrons. The number of ketones is 1. The molecular formula is C13H14N4O. The average molecular weight is 242 g/mol. The lowest BCUT2D eigenvalue weighted by atomic mass is 10.1. The van der Waals surface area contributed by atoms with Crippen LogP contribution in [-0.4, -0.2) is 34.3 Å². The number of carbonyl (C=O) groups excluding carboxylic acids is 1. The molecule has 0 N–H and O–H groups in total. The number of carbonyl (C=O) groups is 1. The predicted molar refractivity (Wildman–Crippen MR) is 69.2 cm³/mol. The highest BCUT2D eigenvalue weighted by molar-refractivity contribution is 5.80. The molecular weight excluding hydrogens is 228 g/mol. The van der Waals surface area contributed by atoms with Crippen LogP contribution < -0.4 is 4.90 Å². The lowest BCUT2D eigenvalue weighted by Crippen LogP contribution is -2.25. The molecule has 0 aromatic carbocycles. The van der Waals surface area contributed by atoms with Gasteiger partial charge >= 0.3 is 0 Å². The zero-order valence-corrected chi connectivity index (χ0v) is 10.4. The number of aromatic nitrogens is 3. The second-order valence-corrected chi connectivity index (χ2v) is 4.07. The summed E-state index contributed by atoms with van der Waals surface area (Å²) in [4.78, 5) is 25.2. The van der Waals surface area contributed by atoms with E-state index in [0.29, 0.717) is 12.5 Å². The Balaban J connectivity index is 2.18. The second-order valence-electron chi connectivity index (χ2n) is 4.07. The number of rotatable bonds is 4. The maximum Gasteiger partial charge on any atom is 0.225 e. The van der Waals surface area contributed by atoms with Crippen LogP contribution in [0, 0.1) is 0 Å². The Bertz CT molecular complexity index is 524. The van der Waals surface area contributed by atoms with E-state index < -0.39 is 0 Å². The first-order valence-electron chi connectivity index (χ1n) is 5.60. The third-order valence-corrected chi connectivity index (χ3v) is 2.45. The minimum atomic E-state index is 0.0827. The summed E-state index contributed by atoms with van der Waals surface area (Å²) in [5.41, 5.74) is 1.95. The van der Waals surface area contributed by atoms with Crippen LogP contribution in [0.15, 0.2) is 36.9 Å². The van der Waals surface area contributed by atoms with Gasteiger partial charge < -0.3 is 4.90 Å². The fourth-order valence-corrected chi connectivity index (χ4v) is 1.62. The molecule has 0 saturated carbocycles. The Morgan fingerprint density at radius 1 is 1.17 bits per heavy atom. The van der Waals surface area contributed by atoms with E-state index in [0.717, 1.165) is 11.1 Å². The molecule has 2 aromatic heterocycles. The van der Waals surface area contributed by atoms with Crippen molar-refractivity contribution in [3.8, 4) is 11.1 Å². The molecule has 0 aliphatic heterocycles. The van der Waals surface area contributed by atoms with Gasteiger partial charge in [-0.1, -0.05) is 0 Å². The van der Waals surface area contributed by atoms with Crippen molar-refractivity contribution in [2.45, 2.75) is 6.92 Å². The zero-order valence-electron chi connectivity index (χ0n) is 10.4. The van der Waals surface area contributed by atoms with Crippen molar-refractivity contribution in [3.63, 3.8) is 0 Å². The Kier molecular flexibility index (Phi) is 3.62. The highest BCUT2D eigenvalue weighted by Crippen LogP contribution is 2.17. The monoisotopic (exact) mass is 242 g/mol. The third-order valence-electron chi connectivity index (χ3n) is 2.45. The highest BCUT2D eigenvalue weighted by Gasteiger charge is 2.06. The number of likely N-dealkylation sites (N-methyl/N-ethyl adjacent to an activating group) is 1. The summed E-state index contributed by atoms with van der Waals surface area (Å²) in [6.07, 6.45) is 6.94. The van der Waals surface area contributed by atoms with Crippen LogP contribution in [0.2, 0.25) is 0 Å². The van der Waals surface area contributed by atoms with E-state index in [4.69, 9.17) is 0 Å². The summed E-state index contributed by atoms with van der Waals surface area (Å²) in [7, 11) is 1.79. The van der Waals surface area contributed by atoms with Crippen molar-refractivity contribution >= 4 is 11.7 Å². The van der Waals surface area contributed by atoms with E-state index in [-0.39, 0.29) is 5.78 Å². The van der Waals surface area contributed by atoms with Crippen LogP contribution in [0.3, 0.4) is 0 Å². The number of hydrogen-bond acceptors (Lipinski definition) is 5. The van der Waals surface area contributed by atoms with Gasteiger partial charge in [0.15, 0.2) is 0 Å². The minimum Gasteiger partial charge on any atom is -0.337 e. The average Bonchev–Trinajstić information content (AvgIpc) is 2.39. The van der Waals surface area contributed by atoms with Gasteiger partial charge in [-0.15, -0.1) is 0 Å². The zero-order chi connectivity index (χ0) is 13.0. The molecule has 0 spiro atoms. The SMILES string of the molecule is CC(=O)CN(C)c1ncc(-c2ccncc2)cn1. The lowest BCUT2D eigenvalue weighted by molar-refractivity contribution is -0.115.